The van der Waals surface area contributed by atoms with Crippen molar-refractivity contribution in [2.45, 2.75) is 39.3 Å². The lowest BCUT2D eigenvalue weighted by molar-refractivity contribution is -0.123. The Morgan fingerprint density at radius 2 is 2.15 bits per heavy atom. The summed E-state index contributed by atoms with van der Waals surface area (Å²) in [7, 11) is 0. The molecule has 4 heteroatoms. The molecule has 2 unspecified atom stereocenters. The first kappa shape index (κ1) is 12.4. The van der Waals surface area contributed by atoms with Crippen LogP contribution in [0.2, 0.25) is 0 Å². The van der Waals surface area contributed by atoms with Gasteiger partial charge in [-0.3, -0.25) is 4.79 Å². The molecule has 0 aliphatic rings. The van der Waals surface area contributed by atoms with Crippen LogP contribution in [0, 0.1) is 0 Å². The van der Waals surface area contributed by atoms with Crippen LogP contribution in [0.15, 0.2) is 0 Å². The van der Waals surface area contributed by atoms with Gasteiger partial charge in [-0.05, 0) is 20.3 Å². The highest BCUT2D eigenvalue weighted by Gasteiger charge is 2.11. The highest BCUT2D eigenvalue weighted by molar-refractivity contribution is 5.81. The SMILES string of the molecule is CCOC(C)CNC(=O)C(N)CC. The summed E-state index contributed by atoms with van der Waals surface area (Å²) in [5.74, 6) is -0.103. The highest BCUT2D eigenvalue weighted by atomic mass is 16.5. The molecular weight excluding hydrogens is 168 g/mol. The topological polar surface area (TPSA) is 64.3 Å². The lowest BCUT2D eigenvalue weighted by atomic mass is 10.2. The second-order valence-electron chi connectivity index (χ2n) is 3.03. The first-order valence-electron chi connectivity index (χ1n) is 4.76. The molecule has 0 aliphatic carbocycles. The van der Waals surface area contributed by atoms with Crippen LogP contribution >= 0.6 is 0 Å². The molecule has 78 valence electrons. The average molecular weight is 188 g/mol. The molecule has 0 saturated carbocycles. The van der Waals surface area contributed by atoms with E-state index in [1.54, 1.807) is 0 Å². The third-order valence-corrected chi connectivity index (χ3v) is 1.79. The van der Waals surface area contributed by atoms with Crippen molar-refractivity contribution in [1.29, 1.82) is 0 Å². The fraction of sp³-hybridized carbons (Fsp3) is 0.889. The lowest BCUT2D eigenvalue weighted by Gasteiger charge is -2.14. The molecule has 3 N–H and O–H groups in total. The van der Waals surface area contributed by atoms with E-state index in [-0.39, 0.29) is 12.0 Å². The van der Waals surface area contributed by atoms with Crippen molar-refractivity contribution in [3.63, 3.8) is 0 Å². The summed E-state index contributed by atoms with van der Waals surface area (Å²) < 4.78 is 5.25. The van der Waals surface area contributed by atoms with Gasteiger partial charge < -0.3 is 15.8 Å². The Kier molecular flexibility index (Phi) is 6.54. The van der Waals surface area contributed by atoms with Gasteiger partial charge in [0.15, 0.2) is 0 Å². The fourth-order valence-corrected chi connectivity index (χ4v) is 0.904. The smallest absolute Gasteiger partial charge is 0.236 e. The fourth-order valence-electron chi connectivity index (χ4n) is 0.904. The maximum atomic E-state index is 11.2. The largest absolute Gasteiger partial charge is 0.377 e. The molecule has 0 spiro atoms. The van der Waals surface area contributed by atoms with Crippen LogP contribution in [0.1, 0.15) is 27.2 Å². The van der Waals surface area contributed by atoms with E-state index in [1.807, 2.05) is 20.8 Å². The molecule has 0 aromatic carbocycles. The predicted octanol–water partition coefficient (Wildman–Crippen LogP) is 0.265. The van der Waals surface area contributed by atoms with Gasteiger partial charge in [-0.1, -0.05) is 6.92 Å². The maximum absolute atomic E-state index is 11.2. The molecule has 0 fully saturated rings. The van der Waals surface area contributed by atoms with Crippen molar-refractivity contribution in [3.05, 3.63) is 0 Å². The normalized spacial score (nSPS) is 15.1. The number of ether oxygens (including phenoxy) is 1. The summed E-state index contributed by atoms with van der Waals surface area (Å²) in [5, 5.41) is 2.73. The van der Waals surface area contributed by atoms with Crippen LogP contribution in [-0.2, 0) is 9.53 Å². The Morgan fingerprint density at radius 1 is 1.54 bits per heavy atom. The number of amides is 1. The molecule has 0 aromatic heterocycles. The van der Waals surface area contributed by atoms with Gasteiger partial charge in [0.25, 0.3) is 0 Å². The molecule has 0 rings (SSSR count). The highest BCUT2D eigenvalue weighted by Crippen LogP contribution is 1.89. The molecule has 13 heavy (non-hydrogen) atoms. The van der Waals surface area contributed by atoms with E-state index in [9.17, 15) is 4.79 Å². The molecule has 4 nitrogen and oxygen atoms in total. The van der Waals surface area contributed by atoms with Crippen LogP contribution in [0.25, 0.3) is 0 Å². The van der Waals surface area contributed by atoms with Gasteiger partial charge in [0.1, 0.15) is 0 Å². The summed E-state index contributed by atoms with van der Waals surface area (Å²) in [6, 6.07) is -0.395. The second kappa shape index (κ2) is 6.86. The summed E-state index contributed by atoms with van der Waals surface area (Å²) >= 11 is 0. The molecule has 1 amide bonds. The monoisotopic (exact) mass is 188 g/mol. The van der Waals surface area contributed by atoms with Gasteiger partial charge in [-0.2, -0.15) is 0 Å². The van der Waals surface area contributed by atoms with Crippen molar-refractivity contribution in [3.8, 4) is 0 Å². The molecule has 0 radical (unpaired) electrons. The number of nitrogens with two attached hydrogens (primary N) is 1. The van der Waals surface area contributed by atoms with E-state index in [0.717, 1.165) is 0 Å². The minimum absolute atomic E-state index is 0.0537. The molecule has 0 bridgehead atoms. The zero-order valence-corrected chi connectivity index (χ0v) is 8.67. The van der Waals surface area contributed by atoms with E-state index >= 15 is 0 Å². The van der Waals surface area contributed by atoms with Crippen molar-refractivity contribution in [2.75, 3.05) is 13.2 Å². The quantitative estimate of drug-likeness (QED) is 0.628. The van der Waals surface area contributed by atoms with Gasteiger partial charge >= 0.3 is 0 Å². The summed E-state index contributed by atoms with van der Waals surface area (Å²) in [4.78, 5) is 11.2. The molecular formula is C9H20N2O2. The molecule has 0 saturated heterocycles. The Labute approximate surface area is 79.8 Å². The first-order valence-corrected chi connectivity index (χ1v) is 4.76. The third-order valence-electron chi connectivity index (χ3n) is 1.79. The Hall–Kier alpha value is -0.610. The van der Waals surface area contributed by atoms with Gasteiger partial charge in [0.2, 0.25) is 5.91 Å². The van der Waals surface area contributed by atoms with E-state index in [1.165, 1.54) is 0 Å². The van der Waals surface area contributed by atoms with Crippen LogP contribution in [-0.4, -0.2) is 31.2 Å². The second-order valence-corrected chi connectivity index (χ2v) is 3.03. The Balaban J connectivity index is 3.57. The third kappa shape index (κ3) is 5.60. The molecule has 0 aromatic rings. The summed E-state index contributed by atoms with van der Waals surface area (Å²) in [6.07, 6.45) is 0.715. The minimum atomic E-state index is -0.395. The van der Waals surface area contributed by atoms with Gasteiger partial charge in [-0.25, -0.2) is 0 Å². The van der Waals surface area contributed by atoms with Crippen molar-refractivity contribution in [2.24, 2.45) is 5.73 Å². The molecule has 2 atom stereocenters. The average Bonchev–Trinajstić information content (AvgIpc) is 2.13. The van der Waals surface area contributed by atoms with E-state index in [4.69, 9.17) is 10.5 Å². The van der Waals surface area contributed by atoms with E-state index < -0.39 is 6.04 Å². The number of rotatable bonds is 6. The van der Waals surface area contributed by atoms with Crippen molar-refractivity contribution in [1.82, 2.24) is 5.32 Å². The van der Waals surface area contributed by atoms with Crippen LogP contribution < -0.4 is 11.1 Å². The molecule has 0 aliphatic heterocycles. The predicted molar refractivity (Wildman–Crippen MR) is 52.4 cm³/mol. The first-order chi connectivity index (χ1) is 6.11. The zero-order chi connectivity index (χ0) is 10.3. The Bertz CT molecular complexity index is 151. The van der Waals surface area contributed by atoms with Gasteiger partial charge in [0, 0.05) is 13.2 Å². The minimum Gasteiger partial charge on any atom is -0.377 e. The van der Waals surface area contributed by atoms with Crippen LogP contribution in [0.4, 0.5) is 0 Å². The van der Waals surface area contributed by atoms with Crippen molar-refractivity contribution < 1.29 is 9.53 Å². The summed E-state index contributed by atoms with van der Waals surface area (Å²) in [5.41, 5.74) is 5.52. The molecule has 0 heterocycles. The van der Waals surface area contributed by atoms with Crippen LogP contribution in [0.3, 0.4) is 0 Å². The Morgan fingerprint density at radius 3 is 2.62 bits per heavy atom. The van der Waals surface area contributed by atoms with Gasteiger partial charge in [0.05, 0.1) is 12.1 Å². The lowest BCUT2D eigenvalue weighted by Crippen LogP contribution is -2.43. The standard InChI is InChI=1S/C9H20N2O2/c1-4-8(10)9(12)11-6-7(3)13-5-2/h7-8H,4-6,10H2,1-3H3,(H,11,12). The van der Waals surface area contributed by atoms with E-state index in [0.29, 0.717) is 19.6 Å². The van der Waals surface area contributed by atoms with E-state index in [2.05, 4.69) is 5.32 Å². The number of hydrogen-bond acceptors (Lipinski definition) is 3. The number of hydrogen-bond donors (Lipinski definition) is 2. The zero-order valence-electron chi connectivity index (χ0n) is 8.67. The number of carbonyl (C=O) groups is 1. The van der Waals surface area contributed by atoms with Crippen LogP contribution in [0.5, 0.6) is 0 Å². The summed E-state index contributed by atoms with van der Waals surface area (Å²) in [6.45, 7) is 6.92. The van der Waals surface area contributed by atoms with Crippen molar-refractivity contribution >= 4 is 5.91 Å². The number of nitrogens with one attached hydrogen (secondary N) is 1. The number of carbonyl (C=O) groups excluding carboxylic acids is 1. The maximum Gasteiger partial charge on any atom is 0.236 e. The van der Waals surface area contributed by atoms with Gasteiger partial charge in [-0.15, -0.1) is 0 Å².